The third kappa shape index (κ3) is 2.89. The summed E-state index contributed by atoms with van der Waals surface area (Å²) in [7, 11) is -3.64. The van der Waals surface area contributed by atoms with E-state index >= 15 is 0 Å². The van der Waals surface area contributed by atoms with E-state index < -0.39 is 27.1 Å². The topological polar surface area (TPSA) is 89.6 Å². The second kappa shape index (κ2) is 6.34. The van der Waals surface area contributed by atoms with E-state index in [1.54, 1.807) is 0 Å². The van der Waals surface area contributed by atoms with Gasteiger partial charge in [-0.25, -0.2) is 17.8 Å². The highest BCUT2D eigenvalue weighted by molar-refractivity contribution is 7.89. The zero-order chi connectivity index (χ0) is 17.5. The SMILES string of the molecule is C[C@@H](Cl)C(=O)n1c(=O)oc2cc(S(=O)(=O)N3CCCCC3)ccc21. The first-order valence-electron chi connectivity index (χ1n) is 7.66. The van der Waals surface area contributed by atoms with Crippen molar-refractivity contribution in [1.82, 2.24) is 8.87 Å². The minimum atomic E-state index is -3.64. The number of hydrogen-bond donors (Lipinski definition) is 0. The number of carbonyl (C=O) groups excluding carboxylic acids is 1. The molecule has 24 heavy (non-hydrogen) atoms. The molecule has 1 aliphatic rings. The molecule has 0 aliphatic carbocycles. The monoisotopic (exact) mass is 372 g/mol. The minimum Gasteiger partial charge on any atom is -0.407 e. The van der Waals surface area contributed by atoms with E-state index in [2.05, 4.69) is 0 Å². The van der Waals surface area contributed by atoms with Crippen LogP contribution >= 0.6 is 11.6 Å². The lowest BCUT2D eigenvalue weighted by Gasteiger charge is -2.25. The van der Waals surface area contributed by atoms with E-state index in [0.717, 1.165) is 23.8 Å². The fraction of sp³-hybridized carbons (Fsp3) is 0.467. The zero-order valence-electron chi connectivity index (χ0n) is 13.1. The zero-order valence-corrected chi connectivity index (χ0v) is 14.6. The normalized spacial score (nSPS) is 17.9. The molecule has 2 aromatic rings. The Morgan fingerprint density at radius 2 is 1.92 bits per heavy atom. The lowest BCUT2D eigenvalue weighted by atomic mass is 10.2. The van der Waals surface area contributed by atoms with Crippen molar-refractivity contribution < 1.29 is 17.6 Å². The molecule has 1 atom stereocenters. The van der Waals surface area contributed by atoms with Crippen LogP contribution in [0.1, 0.15) is 31.0 Å². The van der Waals surface area contributed by atoms with Crippen LogP contribution in [-0.4, -0.2) is 41.7 Å². The first-order valence-corrected chi connectivity index (χ1v) is 9.54. The number of piperidine rings is 1. The summed E-state index contributed by atoms with van der Waals surface area (Å²) in [4.78, 5) is 24.0. The quantitative estimate of drug-likeness (QED) is 0.769. The fourth-order valence-electron chi connectivity index (χ4n) is 2.80. The lowest BCUT2D eigenvalue weighted by Crippen LogP contribution is -2.35. The second-order valence-electron chi connectivity index (χ2n) is 5.75. The van der Waals surface area contributed by atoms with Crippen molar-refractivity contribution in [2.45, 2.75) is 36.5 Å². The molecule has 1 aliphatic heterocycles. The first kappa shape index (κ1) is 17.2. The summed E-state index contributed by atoms with van der Waals surface area (Å²) in [6, 6.07) is 4.06. The number of sulfonamides is 1. The number of halogens is 1. The van der Waals surface area contributed by atoms with Crippen LogP contribution < -0.4 is 5.76 Å². The van der Waals surface area contributed by atoms with E-state index in [0.29, 0.717) is 13.1 Å². The van der Waals surface area contributed by atoms with Gasteiger partial charge in [0, 0.05) is 19.2 Å². The number of hydrogen-bond acceptors (Lipinski definition) is 5. The highest BCUT2D eigenvalue weighted by atomic mass is 35.5. The van der Waals surface area contributed by atoms with Crippen molar-refractivity contribution in [3.63, 3.8) is 0 Å². The van der Waals surface area contributed by atoms with Crippen LogP contribution in [0, 0.1) is 0 Å². The molecule has 1 aromatic heterocycles. The van der Waals surface area contributed by atoms with Crippen LogP contribution in [0.5, 0.6) is 0 Å². The van der Waals surface area contributed by atoms with Gasteiger partial charge in [0.2, 0.25) is 10.0 Å². The number of carbonyl (C=O) groups is 1. The van der Waals surface area contributed by atoms with Crippen LogP contribution in [0.15, 0.2) is 32.3 Å². The predicted octanol–water partition coefficient (Wildman–Crippen LogP) is 2.04. The molecule has 7 nitrogen and oxygen atoms in total. The minimum absolute atomic E-state index is 0.0451. The maximum absolute atomic E-state index is 12.7. The van der Waals surface area contributed by atoms with Crippen molar-refractivity contribution in [3.8, 4) is 0 Å². The van der Waals surface area contributed by atoms with Crippen molar-refractivity contribution in [2.24, 2.45) is 0 Å². The highest BCUT2D eigenvalue weighted by Gasteiger charge is 2.27. The Balaban J connectivity index is 2.07. The Morgan fingerprint density at radius 3 is 2.54 bits per heavy atom. The molecule has 3 rings (SSSR count). The summed E-state index contributed by atoms with van der Waals surface area (Å²) < 4.78 is 32.6. The number of rotatable bonds is 3. The molecule has 1 saturated heterocycles. The van der Waals surface area contributed by atoms with Crippen LogP contribution in [-0.2, 0) is 10.0 Å². The molecule has 1 fully saturated rings. The van der Waals surface area contributed by atoms with E-state index in [4.69, 9.17) is 16.0 Å². The Labute approximate surface area is 143 Å². The van der Waals surface area contributed by atoms with Crippen LogP contribution in [0.3, 0.4) is 0 Å². The summed E-state index contributed by atoms with van der Waals surface area (Å²) in [5, 5.41) is -0.903. The molecule has 0 saturated carbocycles. The van der Waals surface area contributed by atoms with Gasteiger partial charge in [0.15, 0.2) is 5.58 Å². The predicted molar refractivity (Wildman–Crippen MR) is 89.0 cm³/mol. The standard InChI is InChI=1S/C15H17ClN2O5S/c1-10(16)14(19)18-12-6-5-11(9-13(12)23-15(18)20)24(21,22)17-7-3-2-4-8-17/h5-6,9-10H,2-4,7-8H2,1H3/t10-/m1/s1. The smallest absolute Gasteiger partial charge is 0.407 e. The van der Waals surface area contributed by atoms with Gasteiger partial charge in [-0.1, -0.05) is 6.42 Å². The number of benzene rings is 1. The van der Waals surface area contributed by atoms with Gasteiger partial charge in [0.05, 0.1) is 10.4 Å². The first-order chi connectivity index (χ1) is 11.3. The molecule has 0 unspecified atom stereocenters. The van der Waals surface area contributed by atoms with E-state index in [1.165, 1.54) is 29.4 Å². The van der Waals surface area contributed by atoms with Crippen molar-refractivity contribution in [2.75, 3.05) is 13.1 Å². The van der Waals surface area contributed by atoms with Crippen LogP contribution in [0.25, 0.3) is 11.1 Å². The second-order valence-corrected chi connectivity index (χ2v) is 8.34. The summed E-state index contributed by atoms with van der Waals surface area (Å²) in [6.07, 6.45) is 2.67. The Hall–Kier alpha value is -1.64. The summed E-state index contributed by atoms with van der Waals surface area (Å²) in [5.41, 5.74) is 0.249. The molecule has 130 valence electrons. The molecular formula is C15H17ClN2O5S. The maximum Gasteiger partial charge on any atom is 0.426 e. The largest absolute Gasteiger partial charge is 0.426 e. The summed E-state index contributed by atoms with van der Waals surface area (Å²) in [6.45, 7) is 2.41. The van der Waals surface area contributed by atoms with Gasteiger partial charge in [-0.2, -0.15) is 4.31 Å². The number of fused-ring (bicyclic) bond motifs is 1. The van der Waals surface area contributed by atoms with Gasteiger partial charge < -0.3 is 4.42 Å². The Bertz CT molecular complexity index is 938. The third-order valence-corrected chi connectivity index (χ3v) is 6.15. The fourth-order valence-corrected chi connectivity index (χ4v) is 4.43. The lowest BCUT2D eigenvalue weighted by molar-refractivity contribution is 0.0909. The molecular weight excluding hydrogens is 356 g/mol. The van der Waals surface area contributed by atoms with Crippen LogP contribution in [0.4, 0.5) is 0 Å². The molecule has 0 amide bonds. The van der Waals surface area contributed by atoms with E-state index in [1.807, 2.05) is 0 Å². The van der Waals surface area contributed by atoms with Gasteiger partial charge in [-0.3, -0.25) is 4.79 Å². The van der Waals surface area contributed by atoms with E-state index in [9.17, 15) is 18.0 Å². The number of aromatic nitrogens is 1. The average molecular weight is 373 g/mol. The average Bonchev–Trinajstić information content (AvgIpc) is 2.89. The van der Waals surface area contributed by atoms with Crippen molar-refractivity contribution in [1.29, 1.82) is 0 Å². The van der Waals surface area contributed by atoms with Crippen LogP contribution in [0.2, 0.25) is 0 Å². The summed E-state index contributed by atoms with van der Waals surface area (Å²) in [5.74, 6) is -1.50. The molecule has 0 radical (unpaired) electrons. The number of nitrogens with zero attached hydrogens (tertiary/aromatic N) is 2. The highest BCUT2D eigenvalue weighted by Crippen LogP contribution is 2.24. The molecule has 0 spiro atoms. The Morgan fingerprint density at radius 1 is 1.25 bits per heavy atom. The van der Waals surface area contributed by atoms with Gasteiger partial charge in [0.25, 0.3) is 5.91 Å². The third-order valence-electron chi connectivity index (χ3n) is 4.07. The number of alkyl halides is 1. The van der Waals surface area contributed by atoms with Gasteiger partial charge in [-0.05, 0) is 31.9 Å². The molecule has 0 N–H and O–H groups in total. The van der Waals surface area contributed by atoms with Gasteiger partial charge in [-0.15, -0.1) is 11.6 Å². The van der Waals surface area contributed by atoms with Gasteiger partial charge in [0.1, 0.15) is 5.38 Å². The maximum atomic E-state index is 12.7. The van der Waals surface area contributed by atoms with E-state index in [-0.39, 0.29) is 16.0 Å². The summed E-state index contributed by atoms with van der Waals surface area (Å²) >= 11 is 5.74. The van der Waals surface area contributed by atoms with Crippen molar-refractivity contribution in [3.05, 3.63) is 28.7 Å². The number of oxazole rings is 1. The van der Waals surface area contributed by atoms with Crippen molar-refractivity contribution >= 4 is 38.6 Å². The van der Waals surface area contributed by atoms with Gasteiger partial charge >= 0.3 is 5.76 Å². The molecule has 9 heteroatoms. The molecule has 2 heterocycles. The molecule has 1 aromatic carbocycles. The molecule has 0 bridgehead atoms. The Kier molecular flexibility index (Phi) is 4.54.